The molecule has 18 atom stereocenters. The molecular formula is C64H120N2O21. The lowest BCUT2D eigenvalue weighted by Crippen LogP contribution is -2.70. The van der Waals surface area contributed by atoms with Gasteiger partial charge in [0.05, 0.1) is 50.7 Å². The van der Waals surface area contributed by atoms with Crippen LogP contribution < -0.4 is 10.6 Å². The van der Waals surface area contributed by atoms with Crippen molar-refractivity contribution in [2.45, 2.75) is 362 Å². The lowest BCUT2D eigenvalue weighted by molar-refractivity contribution is -0.386. The molecule has 18 unspecified atom stereocenters. The number of aliphatic hydroxyl groups excluding tert-OH is 11. The molecular weight excluding hydrogens is 1130 g/mol. The SMILES string of the molecule is CCCCCCCCCCCCCCCCCCCCCCC(O)C(COC1OC(CO)C(OC2OC(CO)C(O)C(OC3(C(=O)O)CC(O)C(NC(C)=O)C(C(O)C(O)CO)O3)C2O)C(O)C1O)NC(=O)CCCCCCCCCCCCCCC. The van der Waals surface area contributed by atoms with E-state index in [4.69, 9.17) is 28.4 Å². The highest BCUT2D eigenvalue weighted by Gasteiger charge is 2.60. The molecule has 2 amide bonds. The minimum Gasteiger partial charge on any atom is -0.477 e. The van der Waals surface area contributed by atoms with Gasteiger partial charge in [-0.3, -0.25) is 9.59 Å². The molecule has 0 aromatic rings. The first-order chi connectivity index (χ1) is 41.9. The monoisotopic (exact) mass is 1250 g/mol. The van der Waals surface area contributed by atoms with Gasteiger partial charge in [-0.25, -0.2) is 4.79 Å². The number of carbonyl (C=O) groups excluding carboxylic acids is 2. The minimum absolute atomic E-state index is 0.228. The van der Waals surface area contributed by atoms with E-state index in [1.54, 1.807) is 0 Å². The van der Waals surface area contributed by atoms with Gasteiger partial charge < -0.3 is 100 Å². The van der Waals surface area contributed by atoms with Crippen molar-refractivity contribution in [3.63, 3.8) is 0 Å². The van der Waals surface area contributed by atoms with E-state index in [1.165, 1.54) is 148 Å². The predicted octanol–water partition coefficient (Wildman–Crippen LogP) is 5.34. The third-order valence-electron chi connectivity index (χ3n) is 17.6. The van der Waals surface area contributed by atoms with Gasteiger partial charge in [0.1, 0.15) is 67.1 Å². The molecule has 0 saturated carbocycles. The van der Waals surface area contributed by atoms with Crippen molar-refractivity contribution < 1.29 is 104 Å². The number of rotatable bonds is 51. The van der Waals surface area contributed by atoms with Crippen molar-refractivity contribution in [3.05, 3.63) is 0 Å². The summed E-state index contributed by atoms with van der Waals surface area (Å²) in [5.74, 6) is -6.09. The Morgan fingerprint density at radius 2 is 1.00 bits per heavy atom. The number of hydrogen-bond donors (Lipinski definition) is 14. The molecule has 3 rings (SSSR count). The van der Waals surface area contributed by atoms with Crippen LogP contribution in [0.5, 0.6) is 0 Å². The highest BCUT2D eigenvalue weighted by atomic mass is 16.8. The first-order valence-corrected chi connectivity index (χ1v) is 33.9. The molecule has 512 valence electrons. The molecule has 87 heavy (non-hydrogen) atoms. The standard InChI is InChI=1S/C64H120N2O21/c1-4-6-8-10-12-14-16-18-19-20-21-22-23-24-26-27-29-31-33-35-37-46(71)45(66-51(74)38-36-34-32-30-28-25-17-15-13-11-9-7-5-2)43-82-61-56(78)55(77)58(50(42-69)84-61)85-62-57(79)60(54(76)49(41-68)83-62)87-64(63(80)81)39-47(72)52(65-44(3)70)59(86-64)53(75)48(73)40-67/h45-50,52-62,67-69,71-73,75-79H,4-43H2,1-3H3,(H,65,70)(H,66,74)(H,80,81). The van der Waals surface area contributed by atoms with Gasteiger partial charge in [0.2, 0.25) is 11.8 Å². The molecule has 0 aromatic heterocycles. The summed E-state index contributed by atoms with van der Waals surface area (Å²) < 4.78 is 34.8. The molecule has 0 bridgehead atoms. The minimum atomic E-state index is -3.08. The third kappa shape index (κ3) is 29.1. The average molecular weight is 1250 g/mol. The van der Waals surface area contributed by atoms with Gasteiger partial charge in [0, 0.05) is 19.8 Å². The molecule has 0 spiro atoms. The molecule has 3 aliphatic rings. The van der Waals surface area contributed by atoms with Gasteiger partial charge in [-0.05, 0) is 12.8 Å². The Balaban J connectivity index is 1.60. The Morgan fingerprint density at radius 1 is 0.552 bits per heavy atom. The number of carboxylic acid groups (broad SMARTS) is 1. The Kier molecular flexibility index (Phi) is 41.7. The highest BCUT2D eigenvalue weighted by molar-refractivity contribution is 5.77. The fraction of sp³-hybridized carbons (Fsp3) is 0.953. The quantitative estimate of drug-likeness (QED) is 0.0342. The van der Waals surface area contributed by atoms with Crippen molar-refractivity contribution in [1.82, 2.24) is 10.6 Å². The Morgan fingerprint density at radius 3 is 1.44 bits per heavy atom. The number of nitrogens with one attached hydrogen (secondary N) is 2. The lowest BCUT2D eigenvalue weighted by atomic mass is 9.88. The van der Waals surface area contributed by atoms with Gasteiger partial charge in [0.15, 0.2) is 12.6 Å². The average Bonchev–Trinajstić information content (AvgIpc) is 0.983. The predicted molar refractivity (Wildman–Crippen MR) is 325 cm³/mol. The van der Waals surface area contributed by atoms with Crippen LogP contribution in [0, 0.1) is 0 Å². The molecule has 0 aromatic carbocycles. The molecule has 3 aliphatic heterocycles. The van der Waals surface area contributed by atoms with Crippen LogP contribution >= 0.6 is 0 Å². The van der Waals surface area contributed by atoms with Crippen LogP contribution in [0.3, 0.4) is 0 Å². The van der Waals surface area contributed by atoms with Crippen molar-refractivity contribution in [2.75, 3.05) is 26.4 Å². The smallest absolute Gasteiger partial charge is 0.364 e. The summed E-state index contributed by atoms with van der Waals surface area (Å²) in [6.07, 6.45) is 11.1. The zero-order valence-electron chi connectivity index (χ0n) is 53.1. The van der Waals surface area contributed by atoms with Crippen molar-refractivity contribution in [3.8, 4) is 0 Å². The Labute approximate surface area is 519 Å². The van der Waals surface area contributed by atoms with E-state index in [2.05, 4.69) is 24.5 Å². The number of unbranched alkanes of at least 4 members (excludes halogenated alkanes) is 31. The second-order valence-corrected chi connectivity index (χ2v) is 25.0. The molecule has 14 N–H and O–H groups in total. The van der Waals surface area contributed by atoms with Crippen molar-refractivity contribution in [2.24, 2.45) is 0 Å². The largest absolute Gasteiger partial charge is 0.477 e. The van der Waals surface area contributed by atoms with E-state index in [0.717, 1.165) is 58.3 Å². The summed E-state index contributed by atoms with van der Waals surface area (Å²) in [5.41, 5.74) is 0. The fourth-order valence-electron chi connectivity index (χ4n) is 12.1. The van der Waals surface area contributed by atoms with Crippen LogP contribution in [-0.4, -0.2) is 215 Å². The number of aliphatic hydroxyl groups is 11. The molecule has 3 saturated heterocycles. The summed E-state index contributed by atoms with van der Waals surface area (Å²) in [5, 5.41) is 136. The number of ether oxygens (including phenoxy) is 6. The molecule has 0 radical (unpaired) electrons. The number of carbonyl (C=O) groups is 3. The van der Waals surface area contributed by atoms with Crippen LogP contribution in [0.15, 0.2) is 0 Å². The van der Waals surface area contributed by atoms with Crippen LogP contribution in [0.4, 0.5) is 0 Å². The van der Waals surface area contributed by atoms with Gasteiger partial charge in [-0.2, -0.15) is 0 Å². The van der Waals surface area contributed by atoms with Crippen LogP contribution in [0.1, 0.15) is 252 Å². The lowest BCUT2D eigenvalue weighted by Gasteiger charge is -2.50. The summed E-state index contributed by atoms with van der Waals surface area (Å²) in [6, 6.07) is -2.52. The topological polar surface area (TPSA) is 373 Å². The maximum absolute atomic E-state index is 13.4. The maximum Gasteiger partial charge on any atom is 0.364 e. The van der Waals surface area contributed by atoms with E-state index >= 15 is 0 Å². The van der Waals surface area contributed by atoms with Gasteiger partial charge >= 0.3 is 5.97 Å². The summed E-state index contributed by atoms with van der Waals surface area (Å²) >= 11 is 0. The molecule has 23 heteroatoms. The Hall–Kier alpha value is -2.27. The van der Waals surface area contributed by atoms with E-state index < -0.39 is 148 Å². The summed E-state index contributed by atoms with van der Waals surface area (Å²) in [4.78, 5) is 38.5. The first kappa shape index (κ1) is 79.0. The maximum atomic E-state index is 13.4. The van der Waals surface area contributed by atoms with Crippen LogP contribution in [0.2, 0.25) is 0 Å². The van der Waals surface area contributed by atoms with E-state index in [1.807, 2.05) is 0 Å². The van der Waals surface area contributed by atoms with Crippen molar-refractivity contribution in [1.29, 1.82) is 0 Å². The molecule has 3 fully saturated rings. The second kappa shape index (κ2) is 45.9. The van der Waals surface area contributed by atoms with Crippen LogP contribution in [0.25, 0.3) is 0 Å². The first-order valence-electron chi connectivity index (χ1n) is 33.9. The highest BCUT2D eigenvalue weighted by Crippen LogP contribution is 2.39. The van der Waals surface area contributed by atoms with E-state index in [9.17, 15) is 75.7 Å². The van der Waals surface area contributed by atoms with Gasteiger partial charge in [-0.1, -0.05) is 219 Å². The fourth-order valence-corrected chi connectivity index (χ4v) is 12.1. The molecule has 23 nitrogen and oxygen atoms in total. The number of carboxylic acids is 1. The number of amides is 2. The summed E-state index contributed by atoms with van der Waals surface area (Å²) in [6.45, 7) is 2.21. The van der Waals surface area contributed by atoms with Crippen molar-refractivity contribution >= 4 is 17.8 Å². The molecule has 0 aliphatic carbocycles. The second-order valence-electron chi connectivity index (χ2n) is 25.0. The molecule has 3 heterocycles. The zero-order chi connectivity index (χ0) is 64.0. The van der Waals surface area contributed by atoms with Gasteiger partial charge in [0.25, 0.3) is 5.79 Å². The summed E-state index contributed by atoms with van der Waals surface area (Å²) in [7, 11) is 0. The normalized spacial score (nSPS) is 29.1. The van der Waals surface area contributed by atoms with Gasteiger partial charge in [-0.15, -0.1) is 0 Å². The number of aliphatic carboxylic acids is 1. The van der Waals surface area contributed by atoms with Crippen LogP contribution in [-0.2, 0) is 42.8 Å². The Bertz CT molecular complexity index is 1780. The van der Waals surface area contributed by atoms with E-state index in [-0.39, 0.29) is 18.9 Å². The third-order valence-corrected chi connectivity index (χ3v) is 17.6. The van der Waals surface area contributed by atoms with E-state index in [0.29, 0.717) is 19.3 Å². The zero-order valence-corrected chi connectivity index (χ0v) is 53.1. The number of hydrogen-bond acceptors (Lipinski definition) is 20.